The number of benzene rings is 3. The van der Waals surface area contributed by atoms with Gasteiger partial charge in [0.2, 0.25) is 5.91 Å². The summed E-state index contributed by atoms with van der Waals surface area (Å²) in [7, 11) is -4.58. The number of carbonyl (C=O) groups is 2. The molecule has 36 heavy (non-hydrogen) atoms. The highest BCUT2D eigenvalue weighted by Gasteiger charge is 2.33. The number of carboxylic acid groups (broad SMARTS) is 1. The third-order valence-corrected chi connectivity index (χ3v) is 7.87. The minimum atomic E-state index is -4.58. The lowest BCUT2D eigenvalue weighted by Gasteiger charge is -2.28. The van der Waals surface area contributed by atoms with E-state index in [2.05, 4.69) is 0 Å². The van der Waals surface area contributed by atoms with Crippen LogP contribution in [0.2, 0.25) is 0 Å². The number of hydrogen-bond acceptors (Lipinski definition) is 5. The maximum absolute atomic E-state index is 14.1. The fourth-order valence-electron chi connectivity index (χ4n) is 3.78. The number of sulfonamides is 1. The number of hydrogen-bond donors (Lipinski definition) is 1. The largest absolute Gasteiger partial charge is 0.545 e. The molecule has 0 aromatic heterocycles. The summed E-state index contributed by atoms with van der Waals surface area (Å²) in [5, 5.41) is 13.8. The summed E-state index contributed by atoms with van der Waals surface area (Å²) in [6.45, 7) is 5.57. The van der Waals surface area contributed by atoms with Crippen LogP contribution in [0.25, 0.3) is 0 Å². The number of nitrogens with one attached hydrogen (secondary N) is 1. The van der Waals surface area contributed by atoms with Crippen molar-refractivity contribution < 1.29 is 36.3 Å². The number of aromatic carboxylic acids is 1. The van der Waals surface area contributed by atoms with Crippen molar-refractivity contribution in [2.24, 2.45) is 0 Å². The Bertz CT molecular complexity index is 1460. The number of aryl methyl sites for hydroxylation is 2. The van der Waals surface area contributed by atoms with E-state index in [9.17, 15) is 36.3 Å². The summed E-state index contributed by atoms with van der Waals surface area (Å²) in [6.07, 6.45) is 0. The van der Waals surface area contributed by atoms with Crippen LogP contribution in [0.15, 0.2) is 47.4 Å². The molecule has 190 valence electrons. The molecule has 0 saturated heterocycles. The number of carbonyl (C=O) groups excluding carboxylic acids is 2. The van der Waals surface area contributed by atoms with E-state index < -0.39 is 57.1 Å². The summed E-state index contributed by atoms with van der Waals surface area (Å²) in [6, 6.07) is 8.18. The van der Waals surface area contributed by atoms with Gasteiger partial charge >= 0.3 is 0 Å². The summed E-state index contributed by atoms with van der Waals surface area (Å²) < 4.78 is 69.4. The average Bonchev–Trinajstić information content (AvgIpc) is 2.81. The van der Waals surface area contributed by atoms with Gasteiger partial charge in [-0.2, -0.15) is 0 Å². The van der Waals surface area contributed by atoms with Crippen molar-refractivity contribution >= 4 is 33.3 Å². The van der Waals surface area contributed by atoms with Crippen LogP contribution in [0.4, 0.5) is 24.5 Å². The number of halogens is 3. The van der Waals surface area contributed by atoms with Crippen molar-refractivity contribution in [1.82, 2.24) is 0 Å². The van der Waals surface area contributed by atoms with Crippen LogP contribution in [0.1, 0.15) is 32.6 Å². The first-order valence-corrected chi connectivity index (χ1v) is 12.0. The number of amides is 1. The third kappa shape index (κ3) is 4.92. The molecule has 0 aliphatic carbocycles. The van der Waals surface area contributed by atoms with E-state index in [4.69, 9.17) is 0 Å². The van der Waals surface area contributed by atoms with Gasteiger partial charge in [-0.1, -0.05) is 24.3 Å². The lowest BCUT2D eigenvalue weighted by atomic mass is 10.0. The molecule has 0 fully saturated rings. The number of anilines is 2. The van der Waals surface area contributed by atoms with Gasteiger partial charge in [-0.15, -0.1) is 0 Å². The van der Waals surface area contributed by atoms with Crippen LogP contribution in [0.5, 0.6) is 0 Å². The molecule has 11 heteroatoms. The van der Waals surface area contributed by atoms with E-state index in [1.54, 1.807) is 33.8 Å². The molecule has 0 saturated carbocycles. The Kier molecular flexibility index (Phi) is 7.44. The molecule has 3 aromatic carbocycles. The summed E-state index contributed by atoms with van der Waals surface area (Å²) >= 11 is 0. The molecule has 0 aliphatic rings. The zero-order chi connectivity index (χ0) is 26.9. The smallest absolute Gasteiger partial charge is 0.265 e. The molecule has 7 nitrogen and oxygen atoms in total. The fourth-order valence-corrected chi connectivity index (χ4v) is 5.81. The van der Waals surface area contributed by atoms with Crippen LogP contribution in [0.3, 0.4) is 0 Å². The molecular formula is C25H22F3N2O5S-. The number of para-hydroxylation sites is 1. The van der Waals surface area contributed by atoms with E-state index in [1.165, 1.54) is 18.2 Å². The second-order valence-corrected chi connectivity index (χ2v) is 9.98. The van der Waals surface area contributed by atoms with Gasteiger partial charge in [-0.25, -0.2) is 21.6 Å². The monoisotopic (exact) mass is 519 g/mol. The predicted molar refractivity (Wildman–Crippen MR) is 126 cm³/mol. The number of nitrogens with zero attached hydrogens (tertiary/aromatic N) is 1. The molecule has 3 aromatic rings. The summed E-state index contributed by atoms with van der Waals surface area (Å²) in [5.74, 6) is -7.78. The minimum Gasteiger partial charge on any atom is -0.545 e. The second-order valence-electron chi connectivity index (χ2n) is 8.18. The van der Waals surface area contributed by atoms with Gasteiger partial charge < -0.3 is 15.2 Å². The number of carboxylic acids is 1. The average molecular weight is 520 g/mol. The fraction of sp³-hybridized carbons (Fsp3) is 0.200. The van der Waals surface area contributed by atoms with E-state index in [1.807, 2.05) is 5.32 Å². The van der Waals surface area contributed by atoms with Crippen molar-refractivity contribution in [3.63, 3.8) is 0 Å². The van der Waals surface area contributed by atoms with Crippen LogP contribution in [0, 0.1) is 45.1 Å². The van der Waals surface area contributed by atoms with Gasteiger partial charge in [0, 0.05) is 5.56 Å². The van der Waals surface area contributed by atoms with E-state index >= 15 is 0 Å². The van der Waals surface area contributed by atoms with Crippen molar-refractivity contribution in [2.45, 2.75) is 32.6 Å². The zero-order valence-corrected chi connectivity index (χ0v) is 20.6. The van der Waals surface area contributed by atoms with Crippen molar-refractivity contribution in [3.8, 4) is 0 Å². The summed E-state index contributed by atoms with van der Waals surface area (Å²) in [5.41, 5.74) is 0.491. The van der Waals surface area contributed by atoms with Gasteiger partial charge in [0.15, 0.2) is 17.5 Å². The Morgan fingerprint density at radius 2 is 1.50 bits per heavy atom. The van der Waals surface area contributed by atoms with E-state index in [0.29, 0.717) is 32.6 Å². The van der Waals surface area contributed by atoms with Gasteiger partial charge in [-0.3, -0.25) is 9.10 Å². The summed E-state index contributed by atoms with van der Waals surface area (Å²) in [4.78, 5) is 24.5. The Labute approximate surface area is 206 Å². The lowest BCUT2D eigenvalue weighted by molar-refractivity contribution is -0.254. The van der Waals surface area contributed by atoms with Crippen molar-refractivity contribution in [3.05, 3.63) is 87.7 Å². The zero-order valence-electron chi connectivity index (χ0n) is 19.8. The standard InChI is InChI=1S/C25H23F3N2O5S/c1-13-11-14(2)16(4)24(15(13)3)36(34,35)30(20-8-6-5-7-17(20)25(32)33)12-21(31)29-19-10-9-18(26)22(27)23(19)28/h5-11H,12H2,1-4H3,(H,29,31)(H,32,33)/p-1. The SMILES string of the molecule is Cc1cc(C)c(C)c(S(=O)(=O)N(CC(=O)Nc2ccc(F)c(F)c2F)c2ccccc2C(=O)[O-])c1C. The van der Waals surface area contributed by atoms with Crippen molar-refractivity contribution in [2.75, 3.05) is 16.2 Å². The molecule has 0 atom stereocenters. The molecule has 0 heterocycles. The van der Waals surface area contributed by atoms with Crippen LogP contribution >= 0.6 is 0 Å². The maximum Gasteiger partial charge on any atom is 0.265 e. The molecule has 1 N–H and O–H groups in total. The second kappa shape index (κ2) is 10.0. The Balaban J connectivity index is 2.17. The minimum absolute atomic E-state index is 0.125. The topological polar surface area (TPSA) is 107 Å². The van der Waals surface area contributed by atoms with Crippen LogP contribution < -0.4 is 14.7 Å². The van der Waals surface area contributed by atoms with E-state index in [-0.39, 0.29) is 10.6 Å². The van der Waals surface area contributed by atoms with Gasteiger partial charge in [0.05, 0.1) is 22.2 Å². The van der Waals surface area contributed by atoms with Crippen LogP contribution in [-0.4, -0.2) is 26.8 Å². The molecule has 3 rings (SSSR count). The molecule has 0 radical (unpaired) electrons. The highest BCUT2D eigenvalue weighted by molar-refractivity contribution is 7.93. The number of rotatable bonds is 7. The Morgan fingerprint density at radius 3 is 2.08 bits per heavy atom. The predicted octanol–water partition coefficient (Wildman–Crippen LogP) is 3.54. The normalized spacial score (nSPS) is 11.3. The van der Waals surface area contributed by atoms with Crippen LogP contribution in [-0.2, 0) is 14.8 Å². The third-order valence-electron chi connectivity index (χ3n) is 5.83. The van der Waals surface area contributed by atoms with Gasteiger partial charge in [0.25, 0.3) is 10.0 Å². The van der Waals surface area contributed by atoms with Gasteiger partial charge in [0.1, 0.15) is 6.54 Å². The lowest BCUT2D eigenvalue weighted by Crippen LogP contribution is -2.40. The molecule has 0 spiro atoms. The Hall–Kier alpha value is -3.86. The first-order valence-electron chi connectivity index (χ1n) is 10.6. The molecule has 1 amide bonds. The Morgan fingerprint density at radius 1 is 0.917 bits per heavy atom. The highest BCUT2D eigenvalue weighted by Crippen LogP contribution is 2.33. The maximum atomic E-state index is 14.1. The first kappa shape index (κ1) is 26.7. The quantitative estimate of drug-likeness (QED) is 0.481. The van der Waals surface area contributed by atoms with Crippen molar-refractivity contribution in [1.29, 1.82) is 0 Å². The first-order chi connectivity index (χ1) is 16.8. The molecule has 0 bridgehead atoms. The van der Waals surface area contributed by atoms with Gasteiger partial charge in [-0.05, 0) is 68.1 Å². The van der Waals surface area contributed by atoms with E-state index in [0.717, 1.165) is 12.1 Å². The molecular weight excluding hydrogens is 497 g/mol. The molecule has 0 aliphatic heterocycles. The molecule has 0 unspecified atom stereocenters. The highest BCUT2D eigenvalue weighted by atomic mass is 32.2.